The van der Waals surface area contributed by atoms with E-state index in [2.05, 4.69) is 15.2 Å². The highest BCUT2D eigenvalue weighted by Gasteiger charge is 2.51. The van der Waals surface area contributed by atoms with E-state index in [1.165, 1.54) is 29.1 Å². The first kappa shape index (κ1) is 31.3. The summed E-state index contributed by atoms with van der Waals surface area (Å²) in [6.07, 6.45) is -5.62. The van der Waals surface area contributed by atoms with Crippen molar-refractivity contribution >= 4 is 45.1 Å². The van der Waals surface area contributed by atoms with E-state index in [1.807, 2.05) is 0 Å². The maximum atomic E-state index is 13.8. The van der Waals surface area contributed by atoms with Gasteiger partial charge in [-0.15, -0.1) is 0 Å². The standard InChI is InChI=1S/C24H30ClF3N4O7S/c1-6-31-13-19(20(25)30-31)40(35,36)32-12-16(10-14(3)21(33)37-7-2)38-18-9-8-15(11-17(18)32)29-22(34)39-23(4,5)24(26,27)28/h8-9,11,13-14,16H,6-7,10,12H2,1-5H3,(H,29,34)/t14-,16-/m0/s1. The van der Waals surface area contributed by atoms with Crippen LogP contribution in [0.15, 0.2) is 29.3 Å². The summed E-state index contributed by atoms with van der Waals surface area (Å²) in [5.74, 6) is -1.00. The topological polar surface area (TPSA) is 129 Å². The third kappa shape index (κ3) is 6.74. The van der Waals surface area contributed by atoms with Crippen molar-refractivity contribution in [3.8, 4) is 5.75 Å². The molecule has 1 aliphatic rings. The zero-order valence-electron chi connectivity index (χ0n) is 22.4. The number of benzene rings is 1. The molecule has 1 aromatic carbocycles. The summed E-state index contributed by atoms with van der Waals surface area (Å²) in [4.78, 5) is 24.1. The molecule has 3 rings (SSSR count). The van der Waals surface area contributed by atoms with Gasteiger partial charge in [0, 0.05) is 18.4 Å². The van der Waals surface area contributed by atoms with E-state index in [0.717, 1.165) is 4.31 Å². The van der Waals surface area contributed by atoms with Crippen LogP contribution >= 0.6 is 11.6 Å². The van der Waals surface area contributed by atoms with Gasteiger partial charge in [-0.1, -0.05) is 18.5 Å². The second-order valence-corrected chi connectivity index (χ2v) is 11.7. The minimum atomic E-state index is -4.82. The molecule has 2 aromatic rings. The Kier molecular flexibility index (Phi) is 9.19. The highest BCUT2D eigenvalue weighted by Crippen LogP contribution is 2.41. The van der Waals surface area contributed by atoms with Crippen LogP contribution in [-0.4, -0.2) is 61.3 Å². The Bertz CT molecular complexity index is 1360. The van der Waals surface area contributed by atoms with Gasteiger partial charge in [-0.2, -0.15) is 18.3 Å². The van der Waals surface area contributed by atoms with Gasteiger partial charge in [-0.05, 0) is 52.3 Å². The lowest BCUT2D eigenvalue weighted by atomic mass is 10.0. The highest BCUT2D eigenvalue weighted by molar-refractivity contribution is 7.93. The number of nitrogens with zero attached hydrogens (tertiary/aromatic N) is 3. The molecular formula is C24H30ClF3N4O7S. The molecule has 0 saturated carbocycles. The summed E-state index contributed by atoms with van der Waals surface area (Å²) in [6, 6.07) is 3.88. The van der Waals surface area contributed by atoms with E-state index >= 15 is 0 Å². The van der Waals surface area contributed by atoms with Gasteiger partial charge in [0.1, 0.15) is 16.7 Å². The Morgan fingerprint density at radius 2 is 1.95 bits per heavy atom. The SMILES string of the molecule is CCOC(=O)[C@@H](C)C[C@H]1CN(S(=O)(=O)c2cn(CC)nc2Cl)c2cc(NC(=O)OC(C)(C)C(F)(F)F)ccc2O1. The Morgan fingerprint density at radius 1 is 1.27 bits per heavy atom. The summed E-state index contributed by atoms with van der Waals surface area (Å²) in [7, 11) is -4.36. The number of sulfonamides is 1. The number of hydrogen-bond acceptors (Lipinski definition) is 8. The zero-order valence-corrected chi connectivity index (χ0v) is 24.0. The molecule has 222 valence electrons. The van der Waals surface area contributed by atoms with Crippen molar-refractivity contribution in [3.63, 3.8) is 0 Å². The van der Waals surface area contributed by atoms with Crippen molar-refractivity contribution in [3.05, 3.63) is 29.5 Å². The molecule has 0 unspecified atom stereocenters. The number of fused-ring (bicyclic) bond motifs is 1. The fourth-order valence-electron chi connectivity index (χ4n) is 3.78. The molecule has 16 heteroatoms. The molecule has 11 nitrogen and oxygen atoms in total. The molecule has 0 bridgehead atoms. The molecule has 1 N–H and O–H groups in total. The number of amides is 1. The van der Waals surface area contributed by atoms with Gasteiger partial charge in [-0.3, -0.25) is 19.1 Å². The molecule has 0 radical (unpaired) electrons. The summed E-state index contributed by atoms with van der Waals surface area (Å²) in [5.41, 5.74) is -2.85. The van der Waals surface area contributed by atoms with E-state index in [9.17, 15) is 31.2 Å². The van der Waals surface area contributed by atoms with Crippen LogP contribution in [0.2, 0.25) is 5.15 Å². The lowest BCUT2D eigenvalue weighted by molar-refractivity contribution is -0.242. The van der Waals surface area contributed by atoms with Crippen LogP contribution < -0.4 is 14.4 Å². The van der Waals surface area contributed by atoms with Crippen LogP contribution in [0.1, 0.15) is 41.0 Å². The quantitative estimate of drug-likeness (QED) is 0.393. The largest absolute Gasteiger partial charge is 0.486 e. The van der Waals surface area contributed by atoms with Gasteiger partial charge in [0.25, 0.3) is 10.0 Å². The molecule has 2 atom stereocenters. The summed E-state index contributed by atoms with van der Waals surface area (Å²) < 4.78 is 84.9. The van der Waals surface area contributed by atoms with Gasteiger partial charge in [0.15, 0.2) is 5.15 Å². The van der Waals surface area contributed by atoms with E-state index in [-0.39, 0.29) is 46.7 Å². The highest BCUT2D eigenvalue weighted by atomic mass is 35.5. The van der Waals surface area contributed by atoms with Crippen molar-refractivity contribution in [2.24, 2.45) is 5.92 Å². The normalized spacial score (nSPS) is 16.5. The molecule has 40 heavy (non-hydrogen) atoms. The molecule has 1 aliphatic heterocycles. The summed E-state index contributed by atoms with van der Waals surface area (Å²) in [5, 5.41) is 5.91. The van der Waals surface area contributed by atoms with Crippen molar-refractivity contribution in [2.75, 3.05) is 22.8 Å². The Balaban J connectivity index is 1.98. The van der Waals surface area contributed by atoms with Crippen LogP contribution in [0, 0.1) is 5.92 Å². The number of ether oxygens (including phenoxy) is 3. The molecular weight excluding hydrogens is 581 g/mol. The molecule has 0 fully saturated rings. The first-order chi connectivity index (χ1) is 18.5. The fraction of sp³-hybridized carbons (Fsp3) is 0.542. The lowest BCUT2D eigenvalue weighted by Crippen LogP contribution is -2.45. The number of aromatic nitrogens is 2. The Labute approximate surface area is 234 Å². The Hall–Kier alpha value is -3.20. The number of aryl methyl sites for hydroxylation is 1. The van der Waals surface area contributed by atoms with Crippen molar-refractivity contribution in [2.45, 2.75) is 70.4 Å². The van der Waals surface area contributed by atoms with Crippen molar-refractivity contribution < 1.29 is 45.4 Å². The molecule has 2 heterocycles. The molecule has 0 spiro atoms. The number of anilines is 2. The van der Waals surface area contributed by atoms with Gasteiger partial charge in [-0.25, -0.2) is 13.2 Å². The summed E-state index contributed by atoms with van der Waals surface area (Å²) in [6.45, 7) is 6.69. The minimum absolute atomic E-state index is 0.0202. The maximum Gasteiger partial charge on any atom is 0.427 e. The average Bonchev–Trinajstić information content (AvgIpc) is 3.24. The molecule has 0 saturated heterocycles. The zero-order chi connectivity index (χ0) is 30.0. The maximum absolute atomic E-state index is 13.8. The lowest BCUT2D eigenvalue weighted by Gasteiger charge is -2.36. The minimum Gasteiger partial charge on any atom is -0.486 e. The van der Waals surface area contributed by atoms with Crippen LogP contribution in [0.4, 0.5) is 29.3 Å². The number of carbonyl (C=O) groups excluding carboxylic acids is 2. The number of carbonyl (C=O) groups is 2. The molecule has 0 aliphatic carbocycles. The molecule has 1 aromatic heterocycles. The van der Waals surface area contributed by atoms with Gasteiger partial charge < -0.3 is 14.2 Å². The fourth-order valence-corrected chi connectivity index (χ4v) is 5.73. The number of hydrogen-bond donors (Lipinski definition) is 1. The first-order valence-corrected chi connectivity index (χ1v) is 14.1. The molecule has 1 amide bonds. The van der Waals surface area contributed by atoms with E-state index in [0.29, 0.717) is 20.4 Å². The first-order valence-electron chi connectivity index (χ1n) is 12.3. The average molecular weight is 611 g/mol. The van der Waals surface area contributed by atoms with Crippen LogP contribution in [0.25, 0.3) is 0 Å². The number of alkyl halides is 3. The predicted molar refractivity (Wildman–Crippen MR) is 139 cm³/mol. The summed E-state index contributed by atoms with van der Waals surface area (Å²) >= 11 is 6.15. The monoisotopic (exact) mass is 610 g/mol. The number of esters is 1. The van der Waals surface area contributed by atoms with Crippen LogP contribution in [0.3, 0.4) is 0 Å². The second-order valence-electron chi connectivity index (χ2n) is 9.51. The van der Waals surface area contributed by atoms with Crippen molar-refractivity contribution in [1.82, 2.24) is 9.78 Å². The van der Waals surface area contributed by atoms with Crippen LogP contribution in [0.5, 0.6) is 5.75 Å². The second kappa shape index (κ2) is 11.7. The van der Waals surface area contributed by atoms with E-state index in [4.69, 9.17) is 21.1 Å². The Morgan fingerprint density at radius 3 is 2.52 bits per heavy atom. The van der Waals surface area contributed by atoms with Crippen LogP contribution in [-0.2, 0) is 30.8 Å². The van der Waals surface area contributed by atoms with Crippen molar-refractivity contribution in [1.29, 1.82) is 0 Å². The van der Waals surface area contributed by atoms with E-state index < -0.39 is 45.9 Å². The predicted octanol–water partition coefficient (Wildman–Crippen LogP) is 4.99. The van der Waals surface area contributed by atoms with Gasteiger partial charge in [0.2, 0.25) is 5.60 Å². The van der Waals surface area contributed by atoms with E-state index in [1.54, 1.807) is 20.8 Å². The number of halogens is 4. The number of rotatable bonds is 9. The van der Waals surface area contributed by atoms with Gasteiger partial charge >= 0.3 is 18.2 Å². The number of nitrogens with one attached hydrogen (secondary N) is 1. The third-order valence-corrected chi connectivity index (χ3v) is 8.22. The van der Waals surface area contributed by atoms with Gasteiger partial charge in [0.05, 0.1) is 24.8 Å². The third-order valence-electron chi connectivity index (χ3n) is 6.05. The smallest absolute Gasteiger partial charge is 0.427 e.